The van der Waals surface area contributed by atoms with E-state index in [-0.39, 0.29) is 12.8 Å². The standard InChI is InChI=1S/C29H61NO2/c1-2-3-4-5-6-7-8-9-10-11-12-13-14-15-16-17-18-19-20-21-23-26-29(32)30-27-24-22-25-28-31/h29-32H,2-28H2,1H3. The maximum Gasteiger partial charge on any atom is 0.104 e. The van der Waals surface area contributed by atoms with E-state index in [0.29, 0.717) is 0 Å². The van der Waals surface area contributed by atoms with Crippen LogP contribution in [-0.2, 0) is 0 Å². The summed E-state index contributed by atoms with van der Waals surface area (Å²) in [6.45, 7) is 3.44. The van der Waals surface area contributed by atoms with Gasteiger partial charge in [0.15, 0.2) is 0 Å². The van der Waals surface area contributed by atoms with Gasteiger partial charge in [-0.3, -0.25) is 5.32 Å². The molecule has 0 aromatic carbocycles. The van der Waals surface area contributed by atoms with Gasteiger partial charge < -0.3 is 10.2 Å². The number of hydrogen-bond acceptors (Lipinski definition) is 3. The molecule has 3 N–H and O–H groups in total. The molecule has 0 spiro atoms. The Morgan fingerprint density at radius 1 is 0.469 bits per heavy atom. The average Bonchev–Trinajstić information content (AvgIpc) is 2.80. The zero-order valence-electron chi connectivity index (χ0n) is 22.1. The Morgan fingerprint density at radius 3 is 1.19 bits per heavy atom. The predicted octanol–water partition coefficient (Wildman–Crippen LogP) is 8.66. The van der Waals surface area contributed by atoms with Crippen LogP contribution in [0.1, 0.15) is 167 Å². The molecule has 0 aliphatic heterocycles. The van der Waals surface area contributed by atoms with Crippen molar-refractivity contribution in [1.29, 1.82) is 0 Å². The first-order valence-electron chi connectivity index (χ1n) is 14.8. The van der Waals surface area contributed by atoms with Gasteiger partial charge in [-0.2, -0.15) is 0 Å². The van der Waals surface area contributed by atoms with Crippen LogP contribution < -0.4 is 5.32 Å². The first kappa shape index (κ1) is 31.9. The van der Waals surface area contributed by atoms with Crippen molar-refractivity contribution in [2.75, 3.05) is 13.2 Å². The Labute approximate surface area is 202 Å². The Bertz CT molecular complexity index is 324. The molecule has 0 aromatic rings. The van der Waals surface area contributed by atoms with Crippen molar-refractivity contribution in [3.8, 4) is 0 Å². The molecule has 0 aliphatic rings. The lowest BCUT2D eigenvalue weighted by Gasteiger charge is -2.12. The summed E-state index contributed by atoms with van der Waals surface area (Å²) in [6.07, 6.45) is 33.1. The van der Waals surface area contributed by atoms with E-state index in [9.17, 15) is 5.11 Å². The van der Waals surface area contributed by atoms with Gasteiger partial charge in [-0.25, -0.2) is 0 Å². The summed E-state index contributed by atoms with van der Waals surface area (Å²) in [5.74, 6) is 0. The Kier molecular flexibility index (Phi) is 28.8. The molecule has 0 aromatic heterocycles. The van der Waals surface area contributed by atoms with Gasteiger partial charge in [0.1, 0.15) is 6.23 Å². The summed E-state index contributed by atoms with van der Waals surface area (Å²) in [5.41, 5.74) is 0. The molecule has 3 heteroatoms. The third kappa shape index (κ3) is 27.9. The Hall–Kier alpha value is -0.120. The molecule has 0 fully saturated rings. The van der Waals surface area contributed by atoms with Crippen LogP contribution in [0.4, 0.5) is 0 Å². The molecule has 0 saturated heterocycles. The first-order valence-corrected chi connectivity index (χ1v) is 14.8. The number of aliphatic hydroxyl groups is 2. The lowest BCUT2D eigenvalue weighted by Crippen LogP contribution is -2.29. The molecule has 0 rings (SSSR count). The van der Waals surface area contributed by atoms with E-state index in [1.54, 1.807) is 0 Å². The van der Waals surface area contributed by atoms with Crippen LogP contribution in [0.3, 0.4) is 0 Å². The van der Waals surface area contributed by atoms with Gasteiger partial charge in [-0.1, -0.05) is 135 Å². The highest BCUT2D eigenvalue weighted by Gasteiger charge is 2.02. The molecule has 0 saturated carbocycles. The normalized spacial score (nSPS) is 12.5. The number of hydrogen-bond donors (Lipinski definition) is 3. The van der Waals surface area contributed by atoms with E-state index in [1.165, 1.54) is 128 Å². The summed E-state index contributed by atoms with van der Waals surface area (Å²) in [5, 5.41) is 21.8. The minimum Gasteiger partial charge on any atom is -0.396 e. The lowest BCUT2D eigenvalue weighted by molar-refractivity contribution is 0.124. The zero-order chi connectivity index (χ0) is 23.4. The van der Waals surface area contributed by atoms with E-state index in [0.717, 1.165) is 38.6 Å². The lowest BCUT2D eigenvalue weighted by atomic mass is 10.0. The minimum atomic E-state index is -0.343. The molecule has 3 nitrogen and oxygen atoms in total. The Balaban J connectivity index is 3.07. The van der Waals surface area contributed by atoms with Crippen molar-refractivity contribution in [3.05, 3.63) is 0 Å². The maximum atomic E-state index is 9.90. The van der Waals surface area contributed by atoms with Gasteiger partial charge in [0.05, 0.1) is 0 Å². The smallest absolute Gasteiger partial charge is 0.104 e. The second-order valence-corrected chi connectivity index (χ2v) is 10.1. The number of aliphatic hydroxyl groups excluding tert-OH is 2. The topological polar surface area (TPSA) is 52.5 Å². The summed E-state index contributed by atoms with van der Waals surface area (Å²) in [7, 11) is 0. The molecule has 0 amide bonds. The van der Waals surface area contributed by atoms with Crippen LogP contribution in [0.15, 0.2) is 0 Å². The highest BCUT2D eigenvalue weighted by molar-refractivity contribution is 4.56. The first-order chi connectivity index (χ1) is 15.8. The molecule has 0 bridgehead atoms. The van der Waals surface area contributed by atoms with Gasteiger partial charge in [0.25, 0.3) is 0 Å². The van der Waals surface area contributed by atoms with Crippen LogP contribution in [0.2, 0.25) is 0 Å². The number of unbranched alkanes of at least 4 members (excludes halogenated alkanes) is 22. The summed E-state index contributed by atoms with van der Waals surface area (Å²) in [4.78, 5) is 0. The second kappa shape index (κ2) is 28.9. The van der Waals surface area contributed by atoms with Crippen molar-refractivity contribution in [3.63, 3.8) is 0 Å². The summed E-state index contributed by atoms with van der Waals surface area (Å²) >= 11 is 0. The highest BCUT2D eigenvalue weighted by atomic mass is 16.3. The number of nitrogens with one attached hydrogen (secondary N) is 1. The minimum absolute atomic E-state index is 0.280. The highest BCUT2D eigenvalue weighted by Crippen LogP contribution is 2.15. The van der Waals surface area contributed by atoms with Crippen molar-refractivity contribution < 1.29 is 10.2 Å². The third-order valence-electron chi connectivity index (χ3n) is 6.80. The fraction of sp³-hybridized carbons (Fsp3) is 1.00. The fourth-order valence-electron chi connectivity index (χ4n) is 4.55. The molecule has 194 valence electrons. The SMILES string of the molecule is CCCCCCCCCCCCCCCCCCCCCCCC(O)NCCCCCO. The van der Waals surface area contributed by atoms with E-state index < -0.39 is 0 Å². The summed E-state index contributed by atoms with van der Waals surface area (Å²) < 4.78 is 0. The van der Waals surface area contributed by atoms with E-state index in [1.807, 2.05) is 0 Å². The van der Waals surface area contributed by atoms with E-state index in [4.69, 9.17) is 5.11 Å². The molecule has 0 heterocycles. The summed E-state index contributed by atoms with van der Waals surface area (Å²) in [6, 6.07) is 0. The molecule has 1 atom stereocenters. The fourth-order valence-corrected chi connectivity index (χ4v) is 4.55. The largest absolute Gasteiger partial charge is 0.396 e. The molecular formula is C29H61NO2. The molecule has 1 unspecified atom stereocenters. The molecular weight excluding hydrogens is 394 g/mol. The molecule has 0 aliphatic carbocycles. The monoisotopic (exact) mass is 455 g/mol. The molecule has 0 radical (unpaired) electrons. The van der Waals surface area contributed by atoms with Crippen molar-refractivity contribution in [2.24, 2.45) is 0 Å². The van der Waals surface area contributed by atoms with E-state index in [2.05, 4.69) is 12.2 Å². The maximum absolute atomic E-state index is 9.90. The second-order valence-electron chi connectivity index (χ2n) is 10.1. The average molecular weight is 456 g/mol. The van der Waals surface area contributed by atoms with Crippen LogP contribution in [0.25, 0.3) is 0 Å². The van der Waals surface area contributed by atoms with Gasteiger partial charge in [0, 0.05) is 6.61 Å². The van der Waals surface area contributed by atoms with Crippen LogP contribution in [0, 0.1) is 0 Å². The van der Waals surface area contributed by atoms with E-state index >= 15 is 0 Å². The van der Waals surface area contributed by atoms with Gasteiger partial charge in [-0.15, -0.1) is 0 Å². The number of rotatable bonds is 28. The van der Waals surface area contributed by atoms with Gasteiger partial charge >= 0.3 is 0 Å². The zero-order valence-corrected chi connectivity index (χ0v) is 22.1. The van der Waals surface area contributed by atoms with Gasteiger partial charge in [0.2, 0.25) is 0 Å². The van der Waals surface area contributed by atoms with Crippen LogP contribution in [-0.4, -0.2) is 29.6 Å². The molecule has 32 heavy (non-hydrogen) atoms. The quantitative estimate of drug-likeness (QED) is 0.0817. The third-order valence-corrected chi connectivity index (χ3v) is 6.80. The van der Waals surface area contributed by atoms with Crippen molar-refractivity contribution >= 4 is 0 Å². The Morgan fingerprint density at radius 2 is 0.812 bits per heavy atom. The van der Waals surface area contributed by atoms with Crippen molar-refractivity contribution in [1.82, 2.24) is 5.32 Å². The van der Waals surface area contributed by atoms with Gasteiger partial charge in [-0.05, 0) is 38.6 Å². The predicted molar refractivity (Wildman–Crippen MR) is 142 cm³/mol. The van der Waals surface area contributed by atoms with Crippen molar-refractivity contribution in [2.45, 2.75) is 174 Å². The van der Waals surface area contributed by atoms with Crippen LogP contribution >= 0.6 is 0 Å². The van der Waals surface area contributed by atoms with Crippen LogP contribution in [0.5, 0.6) is 0 Å².